The molecule has 0 aromatic carbocycles. The summed E-state index contributed by atoms with van der Waals surface area (Å²) >= 11 is 1.85. The summed E-state index contributed by atoms with van der Waals surface area (Å²) in [6.07, 6.45) is 3.86. The second-order valence-electron chi connectivity index (χ2n) is 3.70. The fourth-order valence-corrected chi connectivity index (χ4v) is 1.94. The van der Waals surface area contributed by atoms with Crippen molar-refractivity contribution in [2.24, 2.45) is 5.92 Å². The third-order valence-corrected chi connectivity index (χ3v) is 2.96. The lowest BCUT2D eigenvalue weighted by molar-refractivity contribution is 0.699. The molecule has 0 fully saturated rings. The molecule has 1 heterocycles. The average Bonchev–Trinajstić information content (AvgIpc) is 2.20. The zero-order valence-electron chi connectivity index (χ0n) is 9.45. The van der Waals surface area contributed by atoms with Crippen LogP contribution in [0.15, 0.2) is 6.20 Å². The normalized spacial score (nSPS) is 12.5. The highest BCUT2D eigenvalue weighted by atomic mass is 32.2. The molecule has 5 heteroatoms. The number of nitrogens with one attached hydrogen (secondary N) is 1. The summed E-state index contributed by atoms with van der Waals surface area (Å²) in [6, 6.07) is 0. The van der Waals surface area contributed by atoms with Crippen molar-refractivity contribution in [3.63, 3.8) is 0 Å². The fourth-order valence-electron chi connectivity index (χ4n) is 1.25. The lowest BCUT2D eigenvalue weighted by atomic mass is 10.2. The summed E-state index contributed by atoms with van der Waals surface area (Å²) in [6.45, 7) is 5.10. The number of aromatic nitrogens is 2. The zero-order valence-corrected chi connectivity index (χ0v) is 10.3. The first-order valence-corrected chi connectivity index (χ1v) is 6.34. The van der Waals surface area contributed by atoms with Crippen LogP contribution in [-0.4, -0.2) is 28.5 Å². The number of aryl methyl sites for hydroxylation is 1. The molecule has 1 aromatic heterocycles. The van der Waals surface area contributed by atoms with E-state index in [4.69, 9.17) is 5.73 Å². The van der Waals surface area contributed by atoms with Gasteiger partial charge in [-0.1, -0.05) is 6.92 Å². The molecule has 1 atom stereocenters. The molecule has 0 radical (unpaired) electrons. The second kappa shape index (κ2) is 5.80. The Bertz CT molecular complexity index is 316. The molecule has 1 aromatic rings. The zero-order chi connectivity index (χ0) is 11.3. The number of nitrogens with zero attached hydrogens (tertiary/aromatic N) is 2. The molecule has 3 N–H and O–H groups in total. The molecule has 0 saturated heterocycles. The monoisotopic (exact) mass is 226 g/mol. The van der Waals surface area contributed by atoms with Crippen LogP contribution in [0.1, 0.15) is 12.5 Å². The number of thioether (sulfide) groups is 1. The molecule has 0 aliphatic heterocycles. The molecule has 0 bridgehead atoms. The van der Waals surface area contributed by atoms with Gasteiger partial charge in [-0.25, -0.2) is 4.98 Å². The van der Waals surface area contributed by atoms with Gasteiger partial charge in [0.2, 0.25) is 5.95 Å². The Balaban J connectivity index is 2.53. The standard InChI is InChI=1S/C10H18N4S/c1-7(6-15-3)4-12-9-8(2)5-13-10(11)14-9/h5,7H,4,6H2,1-3H3,(H3,11,12,13,14). The Morgan fingerprint density at radius 3 is 3.00 bits per heavy atom. The highest BCUT2D eigenvalue weighted by molar-refractivity contribution is 7.98. The van der Waals surface area contributed by atoms with Gasteiger partial charge < -0.3 is 11.1 Å². The van der Waals surface area contributed by atoms with E-state index in [2.05, 4.69) is 28.5 Å². The van der Waals surface area contributed by atoms with Gasteiger partial charge in [0.05, 0.1) is 0 Å². The second-order valence-corrected chi connectivity index (χ2v) is 4.61. The maximum Gasteiger partial charge on any atom is 0.221 e. The summed E-state index contributed by atoms with van der Waals surface area (Å²) in [7, 11) is 0. The van der Waals surface area contributed by atoms with E-state index < -0.39 is 0 Å². The molecule has 4 nitrogen and oxygen atoms in total. The molecule has 0 saturated carbocycles. The molecule has 0 amide bonds. The smallest absolute Gasteiger partial charge is 0.221 e. The van der Waals surface area contributed by atoms with Gasteiger partial charge in [-0.15, -0.1) is 0 Å². The summed E-state index contributed by atoms with van der Waals surface area (Å²) in [5.74, 6) is 2.93. The Hall–Kier alpha value is -0.970. The van der Waals surface area contributed by atoms with Crippen LogP contribution in [0.25, 0.3) is 0 Å². The molecule has 0 aliphatic rings. The quantitative estimate of drug-likeness (QED) is 0.801. The van der Waals surface area contributed by atoms with E-state index in [1.54, 1.807) is 6.20 Å². The summed E-state index contributed by atoms with van der Waals surface area (Å²) < 4.78 is 0. The Morgan fingerprint density at radius 2 is 2.33 bits per heavy atom. The molecule has 0 aliphatic carbocycles. The van der Waals surface area contributed by atoms with Crippen molar-refractivity contribution in [1.29, 1.82) is 0 Å². The predicted octanol–water partition coefficient (Wildman–Crippen LogP) is 1.78. The van der Waals surface area contributed by atoms with Gasteiger partial charge in [0.15, 0.2) is 0 Å². The van der Waals surface area contributed by atoms with Crippen molar-refractivity contribution in [1.82, 2.24) is 9.97 Å². The van der Waals surface area contributed by atoms with E-state index in [-0.39, 0.29) is 0 Å². The summed E-state index contributed by atoms with van der Waals surface area (Å²) in [5.41, 5.74) is 6.55. The Morgan fingerprint density at radius 1 is 1.60 bits per heavy atom. The number of rotatable bonds is 5. The molecule has 84 valence electrons. The van der Waals surface area contributed by atoms with Crippen LogP contribution in [0.3, 0.4) is 0 Å². The lowest BCUT2D eigenvalue weighted by Gasteiger charge is -2.13. The third kappa shape index (κ3) is 3.95. The number of nitrogens with two attached hydrogens (primary N) is 1. The van der Waals surface area contributed by atoms with Crippen LogP contribution in [0.2, 0.25) is 0 Å². The average molecular weight is 226 g/mol. The van der Waals surface area contributed by atoms with Gasteiger partial charge in [0.1, 0.15) is 5.82 Å². The van der Waals surface area contributed by atoms with E-state index in [1.165, 1.54) is 0 Å². The van der Waals surface area contributed by atoms with Crippen molar-refractivity contribution in [3.05, 3.63) is 11.8 Å². The third-order valence-electron chi connectivity index (χ3n) is 2.06. The molecule has 0 spiro atoms. The largest absolute Gasteiger partial charge is 0.369 e. The number of anilines is 2. The SMILES string of the molecule is CSCC(C)CNc1nc(N)ncc1C. The van der Waals surface area contributed by atoms with Crippen LogP contribution >= 0.6 is 11.8 Å². The minimum absolute atomic E-state index is 0.320. The van der Waals surface area contributed by atoms with Gasteiger partial charge in [0.25, 0.3) is 0 Å². The van der Waals surface area contributed by atoms with E-state index in [9.17, 15) is 0 Å². The van der Waals surface area contributed by atoms with Gasteiger partial charge in [-0.05, 0) is 24.9 Å². The maximum atomic E-state index is 5.53. The van der Waals surface area contributed by atoms with Crippen molar-refractivity contribution in [2.75, 3.05) is 29.6 Å². The predicted molar refractivity (Wildman–Crippen MR) is 67.2 cm³/mol. The molecule has 1 unspecified atom stereocenters. The van der Waals surface area contributed by atoms with Crippen LogP contribution in [0.5, 0.6) is 0 Å². The van der Waals surface area contributed by atoms with E-state index >= 15 is 0 Å². The molecule has 15 heavy (non-hydrogen) atoms. The van der Waals surface area contributed by atoms with Crippen LogP contribution in [0, 0.1) is 12.8 Å². The van der Waals surface area contributed by atoms with Gasteiger partial charge in [-0.3, -0.25) is 0 Å². The fraction of sp³-hybridized carbons (Fsp3) is 0.600. The van der Waals surface area contributed by atoms with Gasteiger partial charge in [0, 0.05) is 18.3 Å². The minimum atomic E-state index is 0.320. The van der Waals surface area contributed by atoms with Gasteiger partial charge >= 0.3 is 0 Å². The molecule has 1 rings (SSSR count). The first-order chi connectivity index (χ1) is 7.13. The van der Waals surface area contributed by atoms with E-state index in [0.717, 1.165) is 23.7 Å². The van der Waals surface area contributed by atoms with Crippen LogP contribution in [-0.2, 0) is 0 Å². The summed E-state index contributed by atoms with van der Waals surface area (Å²) in [5, 5.41) is 3.29. The van der Waals surface area contributed by atoms with Crippen molar-refractivity contribution in [3.8, 4) is 0 Å². The van der Waals surface area contributed by atoms with Crippen molar-refractivity contribution >= 4 is 23.5 Å². The lowest BCUT2D eigenvalue weighted by Crippen LogP contribution is -2.15. The van der Waals surface area contributed by atoms with Crippen LogP contribution in [0.4, 0.5) is 11.8 Å². The van der Waals surface area contributed by atoms with E-state index in [1.807, 2.05) is 18.7 Å². The molecular weight excluding hydrogens is 208 g/mol. The highest BCUT2D eigenvalue weighted by Crippen LogP contribution is 2.12. The van der Waals surface area contributed by atoms with Crippen LogP contribution < -0.4 is 11.1 Å². The van der Waals surface area contributed by atoms with E-state index in [0.29, 0.717) is 11.9 Å². The summed E-state index contributed by atoms with van der Waals surface area (Å²) in [4.78, 5) is 8.08. The Labute approximate surface area is 95.1 Å². The first kappa shape index (κ1) is 12.1. The van der Waals surface area contributed by atoms with Crippen molar-refractivity contribution in [2.45, 2.75) is 13.8 Å². The minimum Gasteiger partial charge on any atom is -0.369 e. The number of hydrogen-bond donors (Lipinski definition) is 2. The van der Waals surface area contributed by atoms with Gasteiger partial charge in [-0.2, -0.15) is 16.7 Å². The molecular formula is C10H18N4S. The first-order valence-electron chi connectivity index (χ1n) is 4.95. The number of hydrogen-bond acceptors (Lipinski definition) is 5. The maximum absolute atomic E-state index is 5.53. The Kier molecular flexibility index (Phi) is 4.68. The topological polar surface area (TPSA) is 63.8 Å². The number of nitrogen functional groups attached to an aromatic ring is 1. The van der Waals surface area contributed by atoms with Crippen molar-refractivity contribution < 1.29 is 0 Å². The highest BCUT2D eigenvalue weighted by Gasteiger charge is 2.04.